The third-order valence-corrected chi connectivity index (χ3v) is 17.8. The zero-order valence-electron chi connectivity index (χ0n) is 34.3. The summed E-state index contributed by atoms with van der Waals surface area (Å²) >= 11 is 2.55. The maximum Gasteiger partial charge on any atom is 0.315 e. The Bertz CT molecular complexity index is 1630. The van der Waals surface area contributed by atoms with Crippen LogP contribution in [0.2, 0.25) is 0 Å². The van der Waals surface area contributed by atoms with Gasteiger partial charge in [-0.3, -0.25) is 4.79 Å². The summed E-state index contributed by atoms with van der Waals surface area (Å²) in [6.07, 6.45) is 20.8. The molecule has 1 heterocycles. The van der Waals surface area contributed by atoms with Gasteiger partial charge in [0.05, 0.1) is 6.61 Å². The van der Waals surface area contributed by atoms with Crippen LogP contribution >= 0.6 is 22.6 Å². The second-order valence-corrected chi connectivity index (χ2v) is 20.7. The molecule has 6 aliphatic rings. The topological polar surface area (TPSA) is 78.3 Å². The Hall–Kier alpha value is -1.68. The highest BCUT2D eigenvalue weighted by Gasteiger charge is 2.70. The number of hydrogen-bond donors (Lipinski definition) is 1. The third-order valence-electron chi connectivity index (χ3n) is 17.3. The molecule has 7 nitrogen and oxygen atoms in total. The van der Waals surface area contributed by atoms with E-state index in [4.69, 9.17) is 9.47 Å². The number of ether oxygens (including phenoxy) is 2. The van der Waals surface area contributed by atoms with Crippen molar-refractivity contribution in [1.82, 2.24) is 20.3 Å². The van der Waals surface area contributed by atoms with E-state index in [0.717, 1.165) is 43.6 Å². The Morgan fingerprint density at radius 2 is 1.77 bits per heavy atom. The van der Waals surface area contributed by atoms with Crippen LogP contribution in [0.15, 0.2) is 41.6 Å². The SMILES string of the molecule is C=C(C)[C@@H]1CC[C@]2(NCCI)CC[C@]3(C)[C@H](CC[C@@H]4[C@@]5(C)CC=C(C6=CCC(COc7cnnn7CC)(C(=O)OCC)CC6)C(C)(C)[C@@H]5CC[C@]43C)[C@@H]12. The average molecular weight is 841 g/mol. The van der Waals surface area contributed by atoms with Crippen molar-refractivity contribution in [2.75, 3.05) is 24.2 Å². The van der Waals surface area contributed by atoms with Gasteiger partial charge < -0.3 is 14.8 Å². The molecule has 53 heavy (non-hydrogen) atoms. The number of carbonyl (C=O) groups excluding carboxylic acids is 1. The number of alkyl halides is 1. The molecule has 0 spiro atoms. The molecule has 4 saturated carbocycles. The summed E-state index contributed by atoms with van der Waals surface area (Å²) in [5.41, 5.74) is 5.04. The van der Waals surface area contributed by atoms with Crippen LogP contribution < -0.4 is 10.1 Å². The molecule has 6 aliphatic carbocycles. The number of nitrogens with one attached hydrogen (secondary N) is 1. The van der Waals surface area contributed by atoms with Crippen LogP contribution in [0.1, 0.15) is 132 Å². The van der Waals surface area contributed by atoms with Crippen molar-refractivity contribution in [1.29, 1.82) is 0 Å². The van der Waals surface area contributed by atoms with Crippen LogP contribution in [-0.2, 0) is 16.1 Å². The van der Waals surface area contributed by atoms with Crippen LogP contribution in [0.3, 0.4) is 0 Å². The van der Waals surface area contributed by atoms with Gasteiger partial charge in [-0.05, 0) is 160 Å². The fourth-order valence-electron chi connectivity index (χ4n) is 14.5. The average Bonchev–Trinajstić information content (AvgIpc) is 3.75. The van der Waals surface area contributed by atoms with E-state index in [9.17, 15) is 4.79 Å². The minimum absolute atomic E-state index is 0.0687. The highest BCUT2D eigenvalue weighted by molar-refractivity contribution is 14.1. The van der Waals surface area contributed by atoms with E-state index in [-0.39, 0.29) is 23.4 Å². The van der Waals surface area contributed by atoms with Crippen molar-refractivity contribution in [3.8, 4) is 5.88 Å². The van der Waals surface area contributed by atoms with Gasteiger partial charge in [0.2, 0.25) is 5.88 Å². The molecule has 0 saturated heterocycles. The van der Waals surface area contributed by atoms with Gasteiger partial charge in [-0.1, -0.05) is 86.7 Å². The maximum atomic E-state index is 13.5. The molecule has 0 radical (unpaired) electrons. The van der Waals surface area contributed by atoms with Gasteiger partial charge >= 0.3 is 5.97 Å². The first-order valence-electron chi connectivity index (χ1n) is 21.2. The van der Waals surface area contributed by atoms with E-state index in [0.29, 0.717) is 53.7 Å². The number of halogens is 1. The predicted molar refractivity (Wildman–Crippen MR) is 222 cm³/mol. The molecular weight excluding hydrogens is 771 g/mol. The number of nitrogens with zero attached hydrogens (tertiary/aromatic N) is 3. The van der Waals surface area contributed by atoms with E-state index >= 15 is 0 Å². The molecule has 294 valence electrons. The first kappa shape index (κ1) is 39.6. The van der Waals surface area contributed by atoms with E-state index in [2.05, 4.69) is 98.5 Å². The van der Waals surface area contributed by atoms with Crippen LogP contribution in [0.25, 0.3) is 0 Å². The highest BCUT2D eigenvalue weighted by Crippen LogP contribution is 2.76. The number of hydrogen-bond acceptors (Lipinski definition) is 6. The predicted octanol–water partition coefficient (Wildman–Crippen LogP) is 10.3. The van der Waals surface area contributed by atoms with Crippen molar-refractivity contribution >= 4 is 28.6 Å². The lowest BCUT2D eigenvalue weighted by Crippen LogP contribution is -2.68. The van der Waals surface area contributed by atoms with Gasteiger partial charge in [0.15, 0.2) is 0 Å². The molecule has 8 heteroatoms. The summed E-state index contributed by atoms with van der Waals surface area (Å²) in [6, 6.07) is 0. The Balaban J connectivity index is 1.15. The van der Waals surface area contributed by atoms with E-state index in [1.165, 1.54) is 72.5 Å². The summed E-state index contributed by atoms with van der Waals surface area (Å²) in [5.74, 6) is 3.95. The maximum absolute atomic E-state index is 13.5. The molecule has 1 unspecified atom stereocenters. The number of fused-ring (bicyclic) bond motifs is 7. The van der Waals surface area contributed by atoms with Gasteiger partial charge in [-0.15, -0.1) is 5.10 Å². The highest BCUT2D eigenvalue weighted by atomic mass is 127. The molecule has 0 aliphatic heterocycles. The molecule has 1 aromatic rings. The molecule has 7 rings (SSSR count). The molecule has 0 amide bonds. The summed E-state index contributed by atoms with van der Waals surface area (Å²) in [6.45, 7) is 26.6. The summed E-state index contributed by atoms with van der Waals surface area (Å²) < 4.78 is 14.8. The number of carbonyl (C=O) groups is 1. The van der Waals surface area contributed by atoms with Crippen LogP contribution in [0, 0.1) is 56.7 Å². The Morgan fingerprint density at radius 3 is 2.45 bits per heavy atom. The van der Waals surface area contributed by atoms with Gasteiger partial charge in [0.25, 0.3) is 0 Å². The summed E-state index contributed by atoms with van der Waals surface area (Å²) in [5, 5.41) is 12.3. The van der Waals surface area contributed by atoms with E-state index in [1.807, 2.05) is 13.8 Å². The zero-order valence-corrected chi connectivity index (χ0v) is 36.4. The van der Waals surface area contributed by atoms with Crippen molar-refractivity contribution in [2.45, 2.75) is 145 Å². The lowest BCUT2D eigenvalue weighted by molar-refractivity contribution is -0.221. The third kappa shape index (κ3) is 6.05. The Morgan fingerprint density at radius 1 is 0.981 bits per heavy atom. The quantitative estimate of drug-likeness (QED) is 0.104. The number of rotatable bonds is 11. The molecule has 0 aromatic carbocycles. The zero-order chi connectivity index (χ0) is 38.0. The number of esters is 1. The first-order valence-corrected chi connectivity index (χ1v) is 22.7. The molecular formula is C45H69IN4O3. The van der Waals surface area contributed by atoms with Crippen molar-refractivity contribution in [3.63, 3.8) is 0 Å². The monoisotopic (exact) mass is 840 g/mol. The van der Waals surface area contributed by atoms with Crippen LogP contribution in [0.5, 0.6) is 5.88 Å². The normalized spacial score (nSPS) is 41.6. The van der Waals surface area contributed by atoms with Gasteiger partial charge in [-0.25, -0.2) is 4.68 Å². The van der Waals surface area contributed by atoms with Gasteiger partial charge in [0, 0.05) is 23.1 Å². The standard InChI is InChI=1S/C45H69IN4O3/c1-10-50-37(28-48-49-50)53-29-44(39(51)52-11-2)21-14-31(15-22-44)33-17-19-41(7)35(40(33,5)6)18-20-43(9)36(41)13-12-34-38-32(30(3)4)16-23-45(38,47-27-26-46)25-24-42(34,43)8/h14,17,28,32,34-36,38,47H,3,10-13,15-16,18-27,29H2,1-2,4-9H3/t32-,34+,35-,36+,38+,41-,42+,43+,44?,45-/m0/s1. The second kappa shape index (κ2) is 14.4. The summed E-state index contributed by atoms with van der Waals surface area (Å²) in [4.78, 5) is 13.5. The molecule has 1 N–H and O–H groups in total. The summed E-state index contributed by atoms with van der Waals surface area (Å²) in [7, 11) is 0. The lowest BCUT2D eigenvalue weighted by atomic mass is 9.33. The molecule has 0 bridgehead atoms. The Kier molecular flexibility index (Phi) is 10.7. The molecule has 1 aromatic heterocycles. The number of aryl methyl sites for hydroxylation is 1. The van der Waals surface area contributed by atoms with Crippen molar-refractivity contribution < 1.29 is 14.3 Å². The first-order chi connectivity index (χ1) is 25.2. The van der Waals surface area contributed by atoms with E-state index in [1.54, 1.807) is 10.9 Å². The fourth-order valence-corrected chi connectivity index (χ4v) is 14.8. The van der Waals surface area contributed by atoms with Crippen LogP contribution in [0.4, 0.5) is 0 Å². The second-order valence-electron chi connectivity index (χ2n) is 19.6. The van der Waals surface area contributed by atoms with Crippen molar-refractivity contribution in [2.24, 2.45) is 56.7 Å². The van der Waals surface area contributed by atoms with Crippen LogP contribution in [-0.4, -0.2) is 50.7 Å². The fraction of sp³-hybridized carbons (Fsp3) is 0.800. The largest absolute Gasteiger partial charge is 0.475 e. The van der Waals surface area contributed by atoms with E-state index < -0.39 is 5.41 Å². The number of aromatic nitrogens is 3. The lowest BCUT2D eigenvalue weighted by Gasteiger charge is -2.72. The minimum Gasteiger partial charge on any atom is -0.475 e. The molecule has 10 atom stereocenters. The van der Waals surface area contributed by atoms with Gasteiger partial charge in [-0.2, -0.15) is 0 Å². The minimum atomic E-state index is -0.706. The number of allylic oxidation sites excluding steroid dienone is 5. The molecule has 4 fully saturated rings. The Labute approximate surface area is 334 Å². The van der Waals surface area contributed by atoms with Gasteiger partial charge in [0.1, 0.15) is 18.2 Å². The smallest absolute Gasteiger partial charge is 0.315 e. The van der Waals surface area contributed by atoms with Crippen molar-refractivity contribution in [3.05, 3.63) is 41.6 Å².